The van der Waals surface area contributed by atoms with Crippen LogP contribution in [0.25, 0.3) is 21.0 Å². The molecule has 0 aromatic carbocycles. The number of hydrogen-bond donors (Lipinski definition) is 0. The second-order valence-electron chi connectivity index (χ2n) is 5.64. The summed E-state index contributed by atoms with van der Waals surface area (Å²) in [6.45, 7) is 0. The molecule has 0 aliphatic carbocycles. The SMILES string of the molecule is N#C/C(=C\c1cc2sc(CC(C#N)c3cccs3)cc2s1)c1cccs1. The molecule has 0 saturated heterocycles. The molecule has 1 unspecified atom stereocenters. The summed E-state index contributed by atoms with van der Waals surface area (Å²) < 4.78 is 2.45. The minimum Gasteiger partial charge on any atom is -0.198 e. The van der Waals surface area contributed by atoms with E-state index in [1.807, 2.05) is 41.1 Å². The third-order valence-electron chi connectivity index (χ3n) is 3.92. The van der Waals surface area contributed by atoms with Crippen molar-refractivity contribution >= 4 is 66.4 Å². The van der Waals surface area contributed by atoms with Crippen LogP contribution in [0, 0.1) is 22.7 Å². The first-order valence-corrected chi connectivity index (χ1v) is 11.3. The van der Waals surface area contributed by atoms with E-state index in [0.29, 0.717) is 5.57 Å². The summed E-state index contributed by atoms with van der Waals surface area (Å²) in [6, 6.07) is 17.0. The predicted molar refractivity (Wildman–Crippen MR) is 114 cm³/mol. The van der Waals surface area contributed by atoms with Crippen LogP contribution < -0.4 is 0 Å². The molecule has 126 valence electrons. The number of nitrogens with zero attached hydrogens (tertiary/aromatic N) is 2. The molecule has 4 aromatic rings. The van der Waals surface area contributed by atoms with Crippen LogP contribution in [0.15, 0.2) is 47.2 Å². The molecule has 0 radical (unpaired) electrons. The van der Waals surface area contributed by atoms with E-state index in [0.717, 1.165) is 21.1 Å². The van der Waals surface area contributed by atoms with Crippen LogP contribution in [0.2, 0.25) is 0 Å². The Morgan fingerprint density at radius 1 is 1.04 bits per heavy atom. The van der Waals surface area contributed by atoms with Crippen LogP contribution in [-0.4, -0.2) is 0 Å². The number of thiophene rings is 4. The van der Waals surface area contributed by atoms with E-state index in [1.54, 1.807) is 45.3 Å². The van der Waals surface area contributed by atoms with E-state index in [-0.39, 0.29) is 5.92 Å². The number of fused-ring (bicyclic) bond motifs is 1. The lowest BCUT2D eigenvalue weighted by Crippen LogP contribution is -1.95. The van der Waals surface area contributed by atoms with Crippen LogP contribution in [-0.2, 0) is 6.42 Å². The number of allylic oxidation sites excluding steroid dienone is 1. The van der Waals surface area contributed by atoms with Crippen molar-refractivity contribution in [3.8, 4) is 12.1 Å². The number of rotatable bonds is 5. The van der Waals surface area contributed by atoms with E-state index in [2.05, 4.69) is 24.3 Å². The summed E-state index contributed by atoms with van der Waals surface area (Å²) in [6.07, 6.45) is 2.72. The van der Waals surface area contributed by atoms with Gasteiger partial charge in [-0.15, -0.1) is 45.3 Å². The Hall–Kier alpha value is -2.22. The van der Waals surface area contributed by atoms with Crippen molar-refractivity contribution in [1.29, 1.82) is 10.5 Å². The molecular formula is C20H12N2S4. The molecule has 0 amide bonds. The summed E-state index contributed by atoms with van der Waals surface area (Å²) in [5.74, 6) is -0.0776. The molecule has 6 heteroatoms. The van der Waals surface area contributed by atoms with Gasteiger partial charge in [-0.1, -0.05) is 12.1 Å². The third-order valence-corrected chi connectivity index (χ3v) is 8.07. The molecule has 1 atom stereocenters. The molecule has 0 aliphatic rings. The smallest absolute Gasteiger partial charge is 0.101 e. The lowest BCUT2D eigenvalue weighted by Gasteiger charge is -2.03. The maximum Gasteiger partial charge on any atom is 0.101 e. The fourth-order valence-corrected chi connectivity index (χ4v) is 6.60. The minimum absolute atomic E-state index is 0.0776. The summed E-state index contributed by atoms with van der Waals surface area (Å²) in [5.41, 5.74) is 0.705. The van der Waals surface area contributed by atoms with E-state index in [1.165, 1.54) is 14.3 Å². The predicted octanol–water partition coefficient (Wildman–Crippen LogP) is 7.00. The fraction of sp³-hybridized carbons (Fsp3) is 0.100. The Morgan fingerprint density at radius 3 is 2.50 bits per heavy atom. The second kappa shape index (κ2) is 7.57. The zero-order chi connectivity index (χ0) is 17.9. The van der Waals surface area contributed by atoms with Gasteiger partial charge in [-0.05, 0) is 41.1 Å². The van der Waals surface area contributed by atoms with Crippen LogP contribution >= 0.6 is 45.3 Å². The highest BCUT2D eigenvalue weighted by atomic mass is 32.1. The Balaban J connectivity index is 1.58. The zero-order valence-corrected chi connectivity index (χ0v) is 16.8. The van der Waals surface area contributed by atoms with E-state index < -0.39 is 0 Å². The third kappa shape index (κ3) is 3.51. The van der Waals surface area contributed by atoms with Crippen LogP contribution in [0.3, 0.4) is 0 Å². The first kappa shape index (κ1) is 17.2. The van der Waals surface area contributed by atoms with Gasteiger partial charge in [0.2, 0.25) is 0 Å². The molecule has 0 saturated carbocycles. The van der Waals surface area contributed by atoms with Gasteiger partial charge in [0.25, 0.3) is 0 Å². The van der Waals surface area contributed by atoms with Gasteiger partial charge in [-0.25, -0.2) is 0 Å². The highest BCUT2D eigenvalue weighted by Gasteiger charge is 2.15. The lowest BCUT2D eigenvalue weighted by molar-refractivity contribution is 0.882. The minimum atomic E-state index is -0.0776. The van der Waals surface area contributed by atoms with Gasteiger partial charge < -0.3 is 0 Å². The average Bonchev–Trinajstić information content (AvgIpc) is 3.41. The van der Waals surface area contributed by atoms with E-state index >= 15 is 0 Å². The molecule has 0 bridgehead atoms. The Bertz CT molecular complexity index is 1100. The first-order chi connectivity index (χ1) is 12.8. The molecule has 2 nitrogen and oxygen atoms in total. The summed E-state index contributed by atoms with van der Waals surface area (Å²) >= 11 is 6.67. The molecule has 0 spiro atoms. The van der Waals surface area contributed by atoms with E-state index in [4.69, 9.17) is 0 Å². The fourth-order valence-electron chi connectivity index (χ4n) is 2.71. The topological polar surface area (TPSA) is 47.6 Å². The quantitative estimate of drug-likeness (QED) is 0.334. The monoisotopic (exact) mass is 408 g/mol. The van der Waals surface area contributed by atoms with Gasteiger partial charge in [0.05, 0.1) is 17.6 Å². The van der Waals surface area contributed by atoms with Crippen molar-refractivity contribution in [2.24, 2.45) is 0 Å². The summed E-state index contributed by atoms with van der Waals surface area (Å²) in [7, 11) is 0. The molecule has 26 heavy (non-hydrogen) atoms. The number of nitriles is 2. The number of hydrogen-bond acceptors (Lipinski definition) is 6. The first-order valence-electron chi connectivity index (χ1n) is 7.88. The van der Waals surface area contributed by atoms with Crippen molar-refractivity contribution in [2.45, 2.75) is 12.3 Å². The Kier molecular flexibility index (Phi) is 5.01. The molecule has 0 fully saturated rings. The van der Waals surface area contributed by atoms with Crippen molar-refractivity contribution in [3.05, 3.63) is 66.7 Å². The normalized spacial score (nSPS) is 12.8. The Labute approximate surface area is 167 Å². The van der Waals surface area contributed by atoms with Crippen molar-refractivity contribution in [2.75, 3.05) is 0 Å². The summed E-state index contributed by atoms with van der Waals surface area (Å²) in [4.78, 5) is 4.46. The highest BCUT2D eigenvalue weighted by molar-refractivity contribution is 7.28. The molecule has 4 heterocycles. The second-order valence-corrected chi connectivity index (χ2v) is 9.85. The molecule has 4 aromatic heterocycles. The molecular weight excluding hydrogens is 397 g/mol. The van der Waals surface area contributed by atoms with Gasteiger partial charge in [0.15, 0.2) is 0 Å². The average molecular weight is 409 g/mol. The van der Waals surface area contributed by atoms with Crippen molar-refractivity contribution in [1.82, 2.24) is 0 Å². The highest BCUT2D eigenvalue weighted by Crippen LogP contribution is 2.37. The van der Waals surface area contributed by atoms with Gasteiger partial charge in [0.1, 0.15) is 6.07 Å². The molecule has 4 rings (SSSR count). The van der Waals surface area contributed by atoms with Crippen molar-refractivity contribution < 1.29 is 0 Å². The summed E-state index contributed by atoms with van der Waals surface area (Å²) in [5, 5.41) is 22.9. The van der Waals surface area contributed by atoms with Gasteiger partial charge in [-0.2, -0.15) is 10.5 Å². The van der Waals surface area contributed by atoms with Crippen LogP contribution in [0.5, 0.6) is 0 Å². The largest absolute Gasteiger partial charge is 0.198 e. The maximum absolute atomic E-state index is 9.47. The standard InChI is InChI=1S/C20H12N2S4/c21-11-13(17-3-1-5-23-17)7-15-9-19-20(25-15)10-16(26-19)8-14(12-22)18-4-2-6-24-18/h1-7,9-10,14H,8H2/b13-7+. The van der Waals surface area contributed by atoms with Crippen LogP contribution in [0.1, 0.15) is 25.4 Å². The van der Waals surface area contributed by atoms with Gasteiger partial charge >= 0.3 is 0 Å². The maximum atomic E-state index is 9.47. The molecule has 0 aliphatic heterocycles. The Morgan fingerprint density at radius 2 is 1.85 bits per heavy atom. The molecule has 0 N–H and O–H groups in total. The van der Waals surface area contributed by atoms with Crippen molar-refractivity contribution in [3.63, 3.8) is 0 Å². The van der Waals surface area contributed by atoms with Gasteiger partial charge in [0, 0.05) is 35.3 Å². The van der Waals surface area contributed by atoms with Gasteiger partial charge in [-0.3, -0.25) is 0 Å². The zero-order valence-electron chi connectivity index (χ0n) is 13.5. The van der Waals surface area contributed by atoms with E-state index in [9.17, 15) is 10.5 Å². The van der Waals surface area contributed by atoms with Crippen LogP contribution in [0.4, 0.5) is 0 Å². The lowest BCUT2D eigenvalue weighted by atomic mass is 10.0.